The van der Waals surface area contributed by atoms with Crippen molar-refractivity contribution in [2.24, 2.45) is 0 Å². The maximum absolute atomic E-state index is 8.72. The Morgan fingerprint density at radius 1 is 2.14 bits per heavy atom. The highest BCUT2D eigenvalue weighted by molar-refractivity contribution is 7.13. The second-order valence-corrected chi connectivity index (χ2v) is 2.01. The molecule has 1 N–H and O–H groups in total. The van der Waals surface area contributed by atoms with E-state index in [9.17, 15) is 0 Å². The van der Waals surface area contributed by atoms with E-state index in [1.807, 2.05) is 0 Å². The molecule has 0 aromatic carbocycles. The van der Waals surface area contributed by atoms with E-state index in [0.717, 1.165) is 17.5 Å². The van der Waals surface area contributed by atoms with Gasteiger partial charge in [-0.1, -0.05) is 11.3 Å². The smallest absolute Gasteiger partial charge is 0.191 e. The van der Waals surface area contributed by atoms with E-state index in [0.29, 0.717) is 0 Å². The van der Waals surface area contributed by atoms with Gasteiger partial charge in [-0.25, -0.2) is 4.98 Å². The summed E-state index contributed by atoms with van der Waals surface area (Å²) in [4.78, 5) is 3.49. The first-order chi connectivity index (χ1) is 4.50. The molecule has 1 heterocycles. The van der Waals surface area contributed by atoms with Gasteiger partial charge in [-0.05, 0) is 6.85 Å². The summed E-state index contributed by atoms with van der Waals surface area (Å²) in [6, 6.07) is 0. The SMILES string of the molecule is [2H]C([2H])([2H])c1ncc(O)s1. The molecule has 0 atom stereocenters. The van der Waals surface area contributed by atoms with Crippen LogP contribution in [0, 0.1) is 6.85 Å². The molecule has 0 aliphatic carbocycles. The molecule has 0 amide bonds. The Labute approximate surface area is 49.7 Å². The average Bonchev–Trinajstić information content (AvgIpc) is 2.11. The summed E-state index contributed by atoms with van der Waals surface area (Å²) in [6.07, 6.45) is 1.13. The summed E-state index contributed by atoms with van der Waals surface area (Å²) in [6.45, 7) is -2.19. The van der Waals surface area contributed by atoms with Crippen LogP contribution in [0.15, 0.2) is 6.20 Å². The standard InChI is InChI=1S/C4H5NOS/c1-3-5-2-4(6)7-3/h2,6H,1H3/i1D3. The van der Waals surface area contributed by atoms with Crippen molar-refractivity contribution in [3.8, 4) is 5.06 Å². The molecule has 0 bridgehead atoms. The van der Waals surface area contributed by atoms with Crippen LogP contribution in [0.4, 0.5) is 0 Å². The van der Waals surface area contributed by atoms with Crippen LogP contribution in [-0.4, -0.2) is 10.1 Å². The van der Waals surface area contributed by atoms with Gasteiger partial charge in [0.1, 0.15) is 0 Å². The fourth-order valence-electron chi connectivity index (χ4n) is 0.266. The highest BCUT2D eigenvalue weighted by Gasteiger charge is 1.88. The Balaban J connectivity index is 2.96. The largest absolute Gasteiger partial charge is 0.498 e. The van der Waals surface area contributed by atoms with E-state index >= 15 is 0 Å². The quantitative estimate of drug-likeness (QED) is 0.554. The van der Waals surface area contributed by atoms with Crippen LogP contribution in [0.25, 0.3) is 0 Å². The van der Waals surface area contributed by atoms with Gasteiger partial charge in [-0.3, -0.25) is 0 Å². The number of aromatic hydroxyl groups is 1. The van der Waals surface area contributed by atoms with Crippen molar-refractivity contribution in [3.05, 3.63) is 11.2 Å². The van der Waals surface area contributed by atoms with Crippen molar-refractivity contribution in [1.29, 1.82) is 0 Å². The normalized spacial score (nSPS) is 17.4. The molecule has 38 valence electrons. The third kappa shape index (κ3) is 0.899. The number of nitrogens with zero attached hydrogens (tertiary/aromatic N) is 1. The molecule has 0 unspecified atom stereocenters. The maximum Gasteiger partial charge on any atom is 0.191 e. The van der Waals surface area contributed by atoms with Crippen LogP contribution < -0.4 is 0 Å². The van der Waals surface area contributed by atoms with E-state index in [1.54, 1.807) is 0 Å². The molecule has 0 aliphatic heterocycles. The molecular formula is C4H5NOS. The fourth-order valence-corrected chi connectivity index (χ4v) is 0.675. The minimum absolute atomic E-state index is 0.0231. The summed E-state index contributed by atoms with van der Waals surface area (Å²) >= 11 is 0.777. The predicted octanol–water partition coefficient (Wildman–Crippen LogP) is 1.16. The Hall–Kier alpha value is -0.570. The molecular weight excluding hydrogens is 110 g/mol. The highest BCUT2D eigenvalue weighted by Crippen LogP contribution is 2.16. The Bertz CT molecular complexity index is 231. The molecule has 0 spiro atoms. The summed E-state index contributed by atoms with van der Waals surface area (Å²) in [5.74, 6) is 0. The highest BCUT2D eigenvalue weighted by atomic mass is 32.1. The fraction of sp³-hybridized carbons (Fsp3) is 0.250. The van der Waals surface area contributed by atoms with Crippen molar-refractivity contribution in [3.63, 3.8) is 0 Å². The number of hydrogen-bond acceptors (Lipinski definition) is 3. The molecule has 0 saturated carbocycles. The molecule has 2 nitrogen and oxygen atoms in total. The molecule has 0 saturated heterocycles. The van der Waals surface area contributed by atoms with Crippen LogP contribution in [0.5, 0.6) is 5.06 Å². The lowest BCUT2D eigenvalue weighted by Crippen LogP contribution is -1.56. The third-order valence-corrected chi connectivity index (χ3v) is 1.11. The van der Waals surface area contributed by atoms with Crippen LogP contribution >= 0.6 is 11.3 Å². The number of aryl methyl sites for hydroxylation is 1. The number of thiazole rings is 1. The van der Waals surface area contributed by atoms with Gasteiger partial charge in [-0.15, -0.1) is 0 Å². The molecule has 0 fully saturated rings. The zero-order valence-electron chi connectivity index (χ0n) is 6.38. The number of rotatable bonds is 0. The van der Waals surface area contributed by atoms with E-state index in [2.05, 4.69) is 4.98 Å². The minimum atomic E-state index is -2.19. The predicted molar refractivity (Wildman–Crippen MR) is 28.5 cm³/mol. The molecule has 1 aromatic heterocycles. The van der Waals surface area contributed by atoms with Gasteiger partial charge >= 0.3 is 0 Å². The van der Waals surface area contributed by atoms with E-state index in [1.165, 1.54) is 0 Å². The van der Waals surface area contributed by atoms with Gasteiger partial charge in [0, 0.05) is 4.11 Å². The second-order valence-electron chi connectivity index (χ2n) is 1.00. The van der Waals surface area contributed by atoms with Crippen molar-refractivity contribution in [1.82, 2.24) is 4.98 Å². The van der Waals surface area contributed by atoms with Crippen molar-refractivity contribution < 1.29 is 9.22 Å². The van der Waals surface area contributed by atoms with Gasteiger partial charge < -0.3 is 5.11 Å². The lowest BCUT2D eigenvalue weighted by atomic mass is 10.8. The molecule has 1 rings (SSSR count). The van der Waals surface area contributed by atoms with Gasteiger partial charge in [0.25, 0.3) is 0 Å². The van der Waals surface area contributed by atoms with Crippen LogP contribution in [0.3, 0.4) is 0 Å². The Morgan fingerprint density at radius 2 is 3.00 bits per heavy atom. The zero-order chi connectivity index (χ0) is 7.78. The van der Waals surface area contributed by atoms with Crippen molar-refractivity contribution >= 4 is 11.3 Å². The van der Waals surface area contributed by atoms with Crippen molar-refractivity contribution in [2.45, 2.75) is 6.85 Å². The molecule has 3 heteroatoms. The lowest BCUT2D eigenvalue weighted by Gasteiger charge is -1.69. The first kappa shape index (κ1) is 2.13. The molecule has 1 aromatic rings. The second kappa shape index (κ2) is 1.50. The lowest BCUT2D eigenvalue weighted by molar-refractivity contribution is 0.489. The Kier molecular flexibility index (Phi) is 0.457. The van der Waals surface area contributed by atoms with Gasteiger partial charge in [0.15, 0.2) is 5.06 Å². The number of aromatic nitrogens is 1. The summed E-state index contributed by atoms with van der Waals surface area (Å²) < 4.78 is 20.6. The summed E-state index contributed by atoms with van der Waals surface area (Å²) in [5.41, 5.74) is 0. The number of hydrogen-bond donors (Lipinski definition) is 1. The first-order valence-electron chi connectivity index (χ1n) is 3.15. The minimum Gasteiger partial charge on any atom is -0.498 e. The van der Waals surface area contributed by atoms with Crippen LogP contribution in [0.1, 0.15) is 9.12 Å². The molecule has 7 heavy (non-hydrogen) atoms. The molecule has 0 radical (unpaired) electrons. The average molecular weight is 118 g/mol. The monoisotopic (exact) mass is 118 g/mol. The van der Waals surface area contributed by atoms with E-state index in [4.69, 9.17) is 9.22 Å². The third-order valence-electron chi connectivity index (χ3n) is 0.493. The summed E-state index contributed by atoms with van der Waals surface area (Å²) in [7, 11) is 0. The first-order valence-corrected chi connectivity index (χ1v) is 2.47. The van der Waals surface area contributed by atoms with Gasteiger partial charge in [0.05, 0.1) is 11.2 Å². The topological polar surface area (TPSA) is 33.1 Å². The van der Waals surface area contributed by atoms with Crippen LogP contribution in [-0.2, 0) is 0 Å². The van der Waals surface area contributed by atoms with E-state index in [-0.39, 0.29) is 10.1 Å². The van der Waals surface area contributed by atoms with Gasteiger partial charge in [-0.2, -0.15) is 0 Å². The van der Waals surface area contributed by atoms with E-state index < -0.39 is 6.85 Å². The molecule has 0 aliphatic rings. The van der Waals surface area contributed by atoms with Gasteiger partial charge in [0.2, 0.25) is 0 Å². The Morgan fingerprint density at radius 3 is 3.29 bits per heavy atom. The summed E-state index contributed by atoms with van der Waals surface area (Å²) in [5, 5.41) is 8.64. The zero-order valence-corrected chi connectivity index (χ0v) is 4.20. The maximum atomic E-state index is 8.72. The van der Waals surface area contributed by atoms with Crippen LogP contribution in [0.2, 0.25) is 0 Å². The van der Waals surface area contributed by atoms with Crippen molar-refractivity contribution in [2.75, 3.05) is 0 Å².